The van der Waals surface area contributed by atoms with Gasteiger partial charge in [-0.25, -0.2) is 0 Å². The number of nitrogens with one attached hydrogen (secondary N) is 2. The van der Waals surface area contributed by atoms with Crippen LogP contribution in [0.2, 0.25) is 0 Å². The molecule has 1 aromatic carbocycles. The van der Waals surface area contributed by atoms with Gasteiger partial charge in [-0.2, -0.15) is 0 Å². The minimum absolute atomic E-state index is 0.142. The SMILES string of the molecule is Cc1cc(NC(=S)NC(=O)c2ccco2)cc(Br)c1O. The fourth-order valence-electron chi connectivity index (χ4n) is 1.54. The second-order valence-electron chi connectivity index (χ2n) is 4.01. The number of aromatic hydroxyl groups is 1. The molecule has 0 atom stereocenters. The molecule has 0 aliphatic heterocycles. The second kappa shape index (κ2) is 6.06. The molecular weight excluding hydrogens is 344 g/mol. The molecule has 0 radical (unpaired) electrons. The Morgan fingerprint density at radius 3 is 2.80 bits per heavy atom. The number of hydrogen-bond donors (Lipinski definition) is 3. The molecule has 0 unspecified atom stereocenters. The molecule has 0 fully saturated rings. The van der Waals surface area contributed by atoms with Crippen LogP contribution >= 0.6 is 28.1 Å². The van der Waals surface area contributed by atoms with E-state index in [0.29, 0.717) is 15.7 Å². The van der Waals surface area contributed by atoms with E-state index in [4.69, 9.17) is 16.6 Å². The number of anilines is 1. The number of phenols is 1. The van der Waals surface area contributed by atoms with Crippen LogP contribution in [0.4, 0.5) is 5.69 Å². The van der Waals surface area contributed by atoms with Crippen molar-refractivity contribution in [3.63, 3.8) is 0 Å². The Balaban J connectivity index is 2.03. The Bertz CT molecular complexity index is 633. The van der Waals surface area contributed by atoms with Gasteiger partial charge in [-0.05, 0) is 64.9 Å². The van der Waals surface area contributed by atoms with Gasteiger partial charge in [0.05, 0.1) is 10.7 Å². The maximum atomic E-state index is 11.7. The maximum Gasteiger partial charge on any atom is 0.293 e. The lowest BCUT2D eigenvalue weighted by Gasteiger charge is -2.11. The van der Waals surface area contributed by atoms with E-state index < -0.39 is 5.91 Å². The number of phenolic OH excluding ortho intramolecular Hbond substituents is 1. The molecule has 1 heterocycles. The number of hydrogen-bond acceptors (Lipinski definition) is 4. The van der Waals surface area contributed by atoms with E-state index in [2.05, 4.69) is 26.6 Å². The van der Waals surface area contributed by atoms with Crippen molar-refractivity contribution >= 4 is 44.9 Å². The molecule has 3 N–H and O–H groups in total. The molecule has 0 spiro atoms. The van der Waals surface area contributed by atoms with Gasteiger partial charge in [-0.3, -0.25) is 10.1 Å². The highest BCUT2D eigenvalue weighted by Gasteiger charge is 2.11. The molecule has 20 heavy (non-hydrogen) atoms. The van der Waals surface area contributed by atoms with Crippen molar-refractivity contribution in [1.29, 1.82) is 0 Å². The van der Waals surface area contributed by atoms with Crippen molar-refractivity contribution in [3.05, 3.63) is 46.3 Å². The first-order valence-electron chi connectivity index (χ1n) is 5.62. The van der Waals surface area contributed by atoms with Gasteiger partial charge in [-0.1, -0.05) is 0 Å². The lowest BCUT2D eigenvalue weighted by molar-refractivity contribution is 0.0950. The molecule has 0 saturated heterocycles. The number of amides is 1. The fraction of sp³-hybridized carbons (Fsp3) is 0.0769. The van der Waals surface area contributed by atoms with Crippen LogP contribution in [-0.4, -0.2) is 16.1 Å². The number of halogens is 1. The number of benzene rings is 1. The molecule has 0 aliphatic rings. The Morgan fingerprint density at radius 1 is 1.45 bits per heavy atom. The van der Waals surface area contributed by atoms with Gasteiger partial charge < -0.3 is 14.8 Å². The Hall–Kier alpha value is -1.86. The monoisotopic (exact) mass is 354 g/mol. The Kier molecular flexibility index (Phi) is 4.41. The predicted molar refractivity (Wildman–Crippen MR) is 82.9 cm³/mol. The molecule has 1 aromatic heterocycles. The van der Waals surface area contributed by atoms with Crippen LogP contribution in [0.5, 0.6) is 5.75 Å². The zero-order chi connectivity index (χ0) is 14.7. The van der Waals surface area contributed by atoms with Gasteiger partial charge >= 0.3 is 0 Å². The molecule has 7 heteroatoms. The minimum Gasteiger partial charge on any atom is -0.506 e. The van der Waals surface area contributed by atoms with E-state index in [1.54, 1.807) is 31.2 Å². The summed E-state index contributed by atoms with van der Waals surface area (Å²) < 4.78 is 5.50. The average Bonchev–Trinajstić information content (AvgIpc) is 2.89. The highest BCUT2D eigenvalue weighted by atomic mass is 79.9. The topological polar surface area (TPSA) is 74.5 Å². The van der Waals surface area contributed by atoms with Crippen molar-refractivity contribution < 1.29 is 14.3 Å². The lowest BCUT2D eigenvalue weighted by atomic mass is 10.2. The number of carbonyl (C=O) groups excluding carboxylic acids is 1. The van der Waals surface area contributed by atoms with Crippen molar-refractivity contribution in [2.45, 2.75) is 6.92 Å². The molecule has 1 amide bonds. The van der Waals surface area contributed by atoms with E-state index in [0.717, 1.165) is 0 Å². The third-order valence-electron chi connectivity index (χ3n) is 2.48. The Morgan fingerprint density at radius 2 is 2.20 bits per heavy atom. The second-order valence-corrected chi connectivity index (χ2v) is 5.27. The Labute approximate surface area is 129 Å². The molecule has 0 aliphatic carbocycles. The average molecular weight is 355 g/mol. The largest absolute Gasteiger partial charge is 0.506 e. The summed E-state index contributed by atoms with van der Waals surface area (Å²) in [7, 11) is 0. The summed E-state index contributed by atoms with van der Waals surface area (Å²) >= 11 is 8.28. The van der Waals surface area contributed by atoms with Crippen LogP contribution in [0.3, 0.4) is 0 Å². The van der Waals surface area contributed by atoms with Gasteiger partial charge in [0.15, 0.2) is 10.9 Å². The third-order valence-corrected chi connectivity index (χ3v) is 3.29. The van der Waals surface area contributed by atoms with Gasteiger partial charge in [0.1, 0.15) is 5.75 Å². The van der Waals surface area contributed by atoms with Gasteiger partial charge in [-0.15, -0.1) is 0 Å². The van der Waals surface area contributed by atoms with Crippen molar-refractivity contribution in [2.75, 3.05) is 5.32 Å². The van der Waals surface area contributed by atoms with Crippen LogP contribution in [0.1, 0.15) is 16.1 Å². The predicted octanol–water partition coefficient (Wildman–Crippen LogP) is 3.18. The highest BCUT2D eigenvalue weighted by Crippen LogP contribution is 2.30. The van der Waals surface area contributed by atoms with Crippen LogP contribution in [0.15, 0.2) is 39.4 Å². The van der Waals surface area contributed by atoms with E-state index >= 15 is 0 Å². The first-order valence-corrected chi connectivity index (χ1v) is 6.82. The zero-order valence-electron chi connectivity index (χ0n) is 10.4. The first kappa shape index (κ1) is 14.5. The maximum absolute atomic E-state index is 11.7. The molecule has 0 bridgehead atoms. The summed E-state index contributed by atoms with van der Waals surface area (Å²) in [4.78, 5) is 11.7. The van der Waals surface area contributed by atoms with Gasteiger partial charge in [0, 0.05) is 5.69 Å². The van der Waals surface area contributed by atoms with Crippen LogP contribution in [-0.2, 0) is 0 Å². The summed E-state index contributed by atoms with van der Waals surface area (Å²) in [5.41, 5.74) is 1.33. The van der Waals surface area contributed by atoms with Gasteiger partial charge in [0.2, 0.25) is 0 Å². The minimum atomic E-state index is -0.429. The first-order chi connectivity index (χ1) is 9.47. The molecule has 5 nitrogen and oxygen atoms in total. The fourth-order valence-corrected chi connectivity index (χ4v) is 2.31. The summed E-state index contributed by atoms with van der Waals surface area (Å²) in [5.74, 6) is -0.0830. The number of aryl methyl sites for hydroxylation is 1. The van der Waals surface area contributed by atoms with Crippen LogP contribution < -0.4 is 10.6 Å². The van der Waals surface area contributed by atoms with Crippen molar-refractivity contribution in [2.24, 2.45) is 0 Å². The van der Waals surface area contributed by atoms with Crippen LogP contribution in [0.25, 0.3) is 0 Å². The number of furan rings is 1. The van der Waals surface area contributed by atoms with E-state index in [9.17, 15) is 9.90 Å². The quantitative estimate of drug-likeness (QED) is 0.570. The molecule has 0 saturated carbocycles. The van der Waals surface area contributed by atoms with E-state index in [-0.39, 0.29) is 16.6 Å². The lowest BCUT2D eigenvalue weighted by Crippen LogP contribution is -2.33. The van der Waals surface area contributed by atoms with Crippen molar-refractivity contribution in [1.82, 2.24) is 5.32 Å². The number of rotatable bonds is 2. The molecule has 104 valence electrons. The van der Waals surface area contributed by atoms with Crippen LogP contribution in [0, 0.1) is 6.92 Å². The van der Waals surface area contributed by atoms with E-state index in [1.807, 2.05) is 0 Å². The smallest absolute Gasteiger partial charge is 0.293 e. The van der Waals surface area contributed by atoms with Gasteiger partial charge in [0.25, 0.3) is 5.91 Å². The standard InChI is InChI=1S/C13H11BrN2O3S/c1-7-5-8(6-9(14)11(7)17)15-13(20)16-12(18)10-3-2-4-19-10/h2-6,17H,1H3,(H2,15,16,18,20). The highest BCUT2D eigenvalue weighted by molar-refractivity contribution is 9.10. The summed E-state index contributed by atoms with van der Waals surface area (Å²) in [5, 5.41) is 15.1. The van der Waals surface area contributed by atoms with Crippen molar-refractivity contribution in [3.8, 4) is 5.75 Å². The number of carbonyl (C=O) groups is 1. The molecule has 2 aromatic rings. The molecule has 2 rings (SSSR count). The number of thiocarbonyl (C=S) groups is 1. The third kappa shape index (κ3) is 3.37. The summed E-state index contributed by atoms with van der Waals surface area (Å²) in [6, 6.07) is 6.53. The zero-order valence-corrected chi connectivity index (χ0v) is 12.8. The molecular formula is C13H11BrN2O3S. The van der Waals surface area contributed by atoms with E-state index in [1.165, 1.54) is 6.26 Å². The summed E-state index contributed by atoms with van der Waals surface area (Å²) in [6.07, 6.45) is 1.41. The summed E-state index contributed by atoms with van der Waals surface area (Å²) in [6.45, 7) is 1.76. The normalized spacial score (nSPS) is 10.1.